The molecule has 37 heavy (non-hydrogen) atoms. The van der Waals surface area contributed by atoms with Gasteiger partial charge < -0.3 is 21.5 Å². The number of benzene rings is 2. The van der Waals surface area contributed by atoms with Crippen LogP contribution in [-0.2, 0) is 10.3 Å². The van der Waals surface area contributed by atoms with Crippen LogP contribution in [0.2, 0.25) is 0 Å². The van der Waals surface area contributed by atoms with Crippen molar-refractivity contribution >= 4 is 17.8 Å². The Hall–Kier alpha value is -3.78. The van der Waals surface area contributed by atoms with Gasteiger partial charge >= 0.3 is 6.09 Å². The maximum atomic E-state index is 15.0. The van der Waals surface area contributed by atoms with E-state index in [9.17, 15) is 14.0 Å². The van der Waals surface area contributed by atoms with Crippen molar-refractivity contribution in [3.63, 3.8) is 0 Å². The van der Waals surface area contributed by atoms with Crippen LogP contribution < -0.4 is 16.4 Å². The number of hydrogen-bond donors (Lipinski definition) is 4. The largest absolute Gasteiger partial charge is 0.465 e. The molecule has 1 aromatic heterocycles. The number of hydrogen-bond acceptors (Lipinski definition) is 4. The topological polar surface area (TPSA) is 117 Å². The number of anilines is 1. The van der Waals surface area contributed by atoms with Gasteiger partial charge in [-0.2, -0.15) is 0 Å². The highest BCUT2D eigenvalue weighted by molar-refractivity contribution is 5.92. The maximum Gasteiger partial charge on any atom is 0.404 e. The molecule has 0 atom stereocenters. The number of aromatic nitrogens is 1. The average Bonchev–Trinajstić information content (AvgIpc) is 3.63. The molecule has 2 aliphatic carbocycles. The molecule has 2 saturated carbocycles. The number of rotatable bonds is 7. The van der Waals surface area contributed by atoms with Gasteiger partial charge in [0.05, 0.1) is 0 Å². The van der Waals surface area contributed by atoms with Gasteiger partial charge in [-0.05, 0) is 73.3 Å². The van der Waals surface area contributed by atoms with Crippen molar-refractivity contribution in [2.75, 3.05) is 5.32 Å². The Labute approximate surface area is 215 Å². The van der Waals surface area contributed by atoms with Crippen molar-refractivity contribution in [3.8, 4) is 22.3 Å². The fourth-order valence-electron chi connectivity index (χ4n) is 5.24. The van der Waals surface area contributed by atoms with Crippen LogP contribution in [0, 0.1) is 11.7 Å². The van der Waals surface area contributed by atoms with E-state index in [4.69, 9.17) is 10.8 Å². The molecule has 0 aliphatic heterocycles. The van der Waals surface area contributed by atoms with E-state index in [1.165, 1.54) is 6.07 Å². The molecule has 7 nitrogen and oxygen atoms in total. The summed E-state index contributed by atoms with van der Waals surface area (Å²) in [6.07, 6.45) is 5.66. The number of nitrogens with two attached hydrogens (primary N) is 1. The first-order chi connectivity index (χ1) is 17.8. The number of carbonyl (C=O) groups excluding carboxylic acids is 1. The second-order valence-corrected chi connectivity index (χ2v) is 10.3. The maximum absolute atomic E-state index is 15.0. The number of carbonyl (C=O) groups is 2. The van der Waals surface area contributed by atoms with Crippen molar-refractivity contribution in [2.45, 2.75) is 56.5 Å². The number of amides is 2. The molecule has 0 spiro atoms. The molecule has 0 radical (unpaired) electrons. The Morgan fingerprint density at radius 3 is 2.38 bits per heavy atom. The summed E-state index contributed by atoms with van der Waals surface area (Å²) in [7, 11) is 0. The molecule has 2 amide bonds. The van der Waals surface area contributed by atoms with E-state index in [0.29, 0.717) is 23.4 Å². The van der Waals surface area contributed by atoms with Crippen LogP contribution in [0.25, 0.3) is 22.3 Å². The van der Waals surface area contributed by atoms with Crippen LogP contribution in [-0.4, -0.2) is 28.1 Å². The Morgan fingerprint density at radius 2 is 1.73 bits per heavy atom. The number of nitrogens with zero attached hydrogens (tertiary/aromatic N) is 1. The highest BCUT2D eigenvalue weighted by Gasteiger charge is 2.42. The van der Waals surface area contributed by atoms with Gasteiger partial charge in [0.2, 0.25) is 5.91 Å². The van der Waals surface area contributed by atoms with E-state index < -0.39 is 11.6 Å². The zero-order valence-corrected chi connectivity index (χ0v) is 20.5. The number of nitrogens with one attached hydrogen (secondary N) is 2. The van der Waals surface area contributed by atoms with Crippen molar-refractivity contribution in [1.82, 2.24) is 10.3 Å². The summed E-state index contributed by atoms with van der Waals surface area (Å²) >= 11 is 0. The summed E-state index contributed by atoms with van der Waals surface area (Å²) in [5.41, 5.74) is 9.44. The number of halogens is 1. The first-order valence-electron chi connectivity index (χ1n) is 12.7. The molecule has 192 valence electrons. The Kier molecular flexibility index (Phi) is 6.93. The third kappa shape index (κ3) is 5.80. The van der Waals surface area contributed by atoms with Crippen LogP contribution in [0.4, 0.5) is 15.0 Å². The van der Waals surface area contributed by atoms with Crippen molar-refractivity contribution in [1.29, 1.82) is 0 Å². The lowest BCUT2D eigenvalue weighted by molar-refractivity contribution is -0.117. The van der Waals surface area contributed by atoms with Crippen LogP contribution in [0.3, 0.4) is 0 Å². The standard InChI is InChI=1S/C29H31FN4O3/c30-25-15-20(8-11-24(25)29(31)12-13-29)23-17-32-26(16-22(23)19-4-2-1-3-5-19)34-27(35)14-18-6-9-21(10-7-18)33-28(36)37/h1-5,8,11,15-18,21,33H,6-7,9-10,12-14,31H2,(H,36,37)(H,32,34,35). The lowest BCUT2D eigenvalue weighted by Crippen LogP contribution is -2.37. The van der Waals surface area contributed by atoms with Crippen LogP contribution in [0.1, 0.15) is 50.5 Å². The second-order valence-electron chi connectivity index (χ2n) is 10.3. The Bertz CT molecular complexity index is 1300. The van der Waals surface area contributed by atoms with Crippen LogP contribution >= 0.6 is 0 Å². The average molecular weight is 503 g/mol. The first kappa shape index (κ1) is 24.9. The predicted molar refractivity (Wildman–Crippen MR) is 140 cm³/mol. The highest BCUT2D eigenvalue weighted by atomic mass is 19.1. The highest BCUT2D eigenvalue weighted by Crippen LogP contribution is 2.44. The lowest BCUT2D eigenvalue weighted by atomic mass is 9.84. The quantitative estimate of drug-likeness (QED) is 0.333. The monoisotopic (exact) mass is 502 g/mol. The second kappa shape index (κ2) is 10.3. The summed E-state index contributed by atoms with van der Waals surface area (Å²) in [6.45, 7) is 0. The summed E-state index contributed by atoms with van der Waals surface area (Å²) in [5, 5.41) is 14.3. The summed E-state index contributed by atoms with van der Waals surface area (Å²) < 4.78 is 15.0. The summed E-state index contributed by atoms with van der Waals surface area (Å²) in [6, 6.07) is 16.7. The van der Waals surface area contributed by atoms with Crippen molar-refractivity contribution in [2.24, 2.45) is 11.7 Å². The van der Waals surface area contributed by atoms with Gasteiger partial charge in [-0.25, -0.2) is 14.2 Å². The Balaban J connectivity index is 1.33. The normalized spacial score (nSPS) is 20.2. The summed E-state index contributed by atoms with van der Waals surface area (Å²) in [5.74, 6) is 0.201. The van der Waals surface area contributed by atoms with Gasteiger partial charge in [-0.15, -0.1) is 0 Å². The molecule has 0 bridgehead atoms. The molecule has 5 rings (SSSR count). The van der Waals surface area contributed by atoms with Gasteiger partial charge in [0.1, 0.15) is 11.6 Å². The predicted octanol–water partition coefficient (Wildman–Crippen LogP) is 5.66. The third-order valence-electron chi connectivity index (χ3n) is 7.51. The number of carboxylic acid groups (broad SMARTS) is 1. The van der Waals surface area contributed by atoms with Gasteiger partial charge in [0.15, 0.2) is 0 Å². The van der Waals surface area contributed by atoms with E-state index in [1.807, 2.05) is 42.5 Å². The molecular formula is C29H31FN4O3. The zero-order chi connectivity index (χ0) is 26.0. The third-order valence-corrected chi connectivity index (χ3v) is 7.51. The van der Waals surface area contributed by atoms with Gasteiger partial charge in [-0.3, -0.25) is 4.79 Å². The fourth-order valence-corrected chi connectivity index (χ4v) is 5.24. The molecular weight excluding hydrogens is 471 g/mol. The van der Waals surface area contributed by atoms with Crippen LogP contribution in [0.5, 0.6) is 0 Å². The minimum atomic E-state index is -1.00. The summed E-state index contributed by atoms with van der Waals surface area (Å²) in [4.78, 5) is 28.1. The van der Waals surface area contributed by atoms with E-state index in [-0.39, 0.29) is 23.7 Å². The molecule has 2 aromatic carbocycles. The lowest BCUT2D eigenvalue weighted by Gasteiger charge is -2.27. The first-order valence-corrected chi connectivity index (χ1v) is 12.7. The molecule has 3 aromatic rings. The van der Waals surface area contributed by atoms with Gasteiger partial charge in [0.25, 0.3) is 0 Å². The van der Waals surface area contributed by atoms with Gasteiger partial charge in [-0.1, -0.05) is 42.5 Å². The smallest absolute Gasteiger partial charge is 0.404 e. The molecule has 2 fully saturated rings. The molecule has 1 heterocycles. The zero-order valence-electron chi connectivity index (χ0n) is 20.5. The number of pyridine rings is 1. The fraction of sp³-hybridized carbons (Fsp3) is 0.345. The SMILES string of the molecule is NC1(c2ccc(-c3cnc(NC(=O)CC4CCC(NC(=O)O)CC4)cc3-c3ccccc3)cc2F)CC1. The molecule has 5 N–H and O–H groups in total. The minimum Gasteiger partial charge on any atom is -0.465 e. The molecule has 2 aliphatic rings. The van der Waals surface area contributed by atoms with E-state index >= 15 is 0 Å². The van der Waals surface area contributed by atoms with Crippen LogP contribution in [0.15, 0.2) is 60.8 Å². The molecule has 8 heteroatoms. The Morgan fingerprint density at radius 1 is 1.00 bits per heavy atom. The molecule has 0 unspecified atom stereocenters. The minimum absolute atomic E-state index is 0.0435. The van der Waals surface area contributed by atoms with E-state index in [1.54, 1.807) is 12.3 Å². The van der Waals surface area contributed by atoms with Crippen molar-refractivity contribution in [3.05, 3.63) is 72.2 Å². The van der Waals surface area contributed by atoms with Crippen molar-refractivity contribution < 1.29 is 19.1 Å². The van der Waals surface area contributed by atoms with E-state index in [0.717, 1.165) is 55.2 Å². The van der Waals surface area contributed by atoms with E-state index in [2.05, 4.69) is 15.6 Å². The van der Waals surface area contributed by atoms with Gasteiger partial charge in [0, 0.05) is 35.3 Å². The molecule has 0 saturated heterocycles.